The van der Waals surface area contributed by atoms with Crippen molar-refractivity contribution in [2.45, 2.75) is 51.9 Å². The zero-order valence-electron chi connectivity index (χ0n) is 15.1. The second-order valence-corrected chi connectivity index (χ2v) is 6.74. The molecule has 2 amide bonds. The number of halogens is 5. The quantitative estimate of drug-likeness (QED) is 0.666. The van der Waals surface area contributed by atoms with Crippen molar-refractivity contribution >= 4 is 23.3 Å². The van der Waals surface area contributed by atoms with Crippen molar-refractivity contribution in [3.63, 3.8) is 0 Å². The molecule has 27 heavy (non-hydrogen) atoms. The van der Waals surface area contributed by atoms with Gasteiger partial charge in [-0.15, -0.1) is 0 Å². The second kappa shape index (κ2) is 7.83. The van der Waals surface area contributed by atoms with Gasteiger partial charge >= 0.3 is 12.1 Å². The molecule has 1 rings (SSSR count). The van der Waals surface area contributed by atoms with Gasteiger partial charge in [-0.1, -0.05) is 27.7 Å². The summed E-state index contributed by atoms with van der Waals surface area (Å²) < 4.78 is 65.4. The molecular weight excluding hydrogens is 377 g/mol. The predicted octanol–water partition coefficient (Wildman–Crippen LogP) is 2.08. The zero-order valence-corrected chi connectivity index (χ0v) is 15.1. The number of imide groups is 1. The summed E-state index contributed by atoms with van der Waals surface area (Å²) in [6.45, 7) is 5.26. The van der Waals surface area contributed by atoms with Crippen LogP contribution in [-0.2, 0) is 14.4 Å². The Kier molecular flexibility index (Phi) is 6.63. The highest BCUT2D eigenvalue weighted by Gasteiger charge is 2.66. The van der Waals surface area contributed by atoms with Crippen molar-refractivity contribution < 1.29 is 36.3 Å². The van der Waals surface area contributed by atoms with Crippen molar-refractivity contribution in [2.24, 2.45) is 22.6 Å². The summed E-state index contributed by atoms with van der Waals surface area (Å²) in [5.41, 5.74) is 5.32. The van der Waals surface area contributed by atoms with Crippen LogP contribution in [0.1, 0.15) is 27.7 Å². The lowest BCUT2D eigenvalue weighted by molar-refractivity contribution is -0.271. The molecule has 6 nitrogen and oxygen atoms in total. The van der Waals surface area contributed by atoms with E-state index < -0.39 is 53.6 Å². The highest BCUT2D eigenvalue weighted by Crippen LogP contribution is 2.38. The van der Waals surface area contributed by atoms with Crippen molar-refractivity contribution in [2.75, 3.05) is 0 Å². The molecule has 0 spiro atoms. The van der Waals surface area contributed by atoms with Gasteiger partial charge < -0.3 is 5.73 Å². The maximum Gasteiger partial charge on any atom is 0.461 e. The molecule has 0 bridgehead atoms. The molecule has 0 aromatic carbocycles. The van der Waals surface area contributed by atoms with Gasteiger partial charge in [-0.3, -0.25) is 24.3 Å². The van der Waals surface area contributed by atoms with Crippen molar-refractivity contribution in [1.82, 2.24) is 4.90 Å². The van der Waals surface area contributed by atoms with Crippen LogP contribution in [0.5, 0.6) is 0 Å². The summed E-state index contributed by atoms with van der Waals surface area (Å²) in [4.78, 5) is 40.8. The van der Waals surface area contributed by atoms with Gasteiger partial charge in [0, 0.05) is 6.20 Å². The number of amides is 2. The molecule has 0 aromatic heterocycles. The maximum atomic E-state index is 13.7. The minimum absolute atomic E-state index is 0.0830. The first-order chi connectivity index (χ1) is 12.1. The largest absolute Gasteiger partial charge is 0.461 e. The molecule has 1 aliphatic heterocycles. The molecule has 0 saturated carbocycles. The van der Waals surface area contributed by atoms with Crippen LogP contribution in [0.15, 0.2) is 17.3 Å². The van der Waals surface area contributed by atoms with E-state index in [1.165, 1.54) is 13.8 Å². The van der Waals surface area contributed by atoms with Crippen LogP contribution in [0.25, 0.3) is 0 Å². The maximum absolute atomic E-state index is 13.7. The fraction of sp³-hybridized carbons (Fsp3) is 0.625. The summed E-state index contributed by atoms with van der Waals surface area (Å²) in [6, 6.07) is -3.77. The normalized spacial score (nSPS) is 16.7. The molecule has 1 unspecified atom stereocenters. The Balaban J connectivity index is 3.47. The first kappa shape index (κ1) is 22.9. The van der Waals surface area contributed by atoms with E-state index in [1.54, 1.807) is 0 Å². The van der Waals surface area contributed by atoms with Gasteiger partial charge in [0.05, 0.1) is 6.04 Å². The molecule has 1 aliphatic rings. The van der Waals surface area contributed by atoms with Gasteiger partial charge in [0.25, 0.3) is 5.91 Å². The molecule has 2 atom stereocenters. The lowest BCUT2D eigenvalue weighted by Crippen LogP contribution is -2.63. The average Bonchev–Trinajstić information content (AvgIpc) is 2.46. The van der Waals surface area contributed by atoms with E-state index in [2.05, 4.69) is 4.99 Å². The average molecular weight is 397 g/mol. The number of ketones is 1. The summed E-state index contributed by atoms with van der Waals surface area (Å²) in [6.07, 6.45) is -3.88. The minimum atomic E-state index is -6.18. The van der Waals surface area contributed by atoms with Crippen LogP contribution < -0.4 is 5.73 Å². The Bertz CT molecular complexity index is 683. The van der Waals surface area contributed by atoms with Crippen LogP contribution in [0.4, 0.5) is 22.0 Å². The minimum Gasteiger partial charge on any atom is -0.320 e. The molecule has 0 fully saturated rings. The Morgan fingerprint density at radius 2 is 1.52 bits per heavy atom. The number of alkyl halides is 5. The Hall–Kier alpha value is -2.17. The third-order valence-corrected chi connectivity index (χ3v) is 3.97. The number of Topliss-reactive ketones (excluding diaryl/α,β-unsaturated/α-hetero) is 1. The van der Waals surface area contributed by atoms with Gasteiger partial charge in [-0.25, -0.2) is 0 Å². The summed E-state index contributed by atoms with van der Waals surface area (Å²) in [7, 11) is 0. The molecular formula is C16H20F5N3O3. The van der Waals surface area contributed by atoms with Gasteiger partial charge in [-0.2, -0.15) is 22.0 Å². The number of rotatable bonds is 7. The molecule has 11 heteroatoms. The van der Waals surface area contributed by atoms with E-state index in [0.717, 1.165) is 26.1 Å². The fourth-order valence-electron chi connectivity index (χ4n) is 2.25. The third-order valence-electron chi connectivity index (χ3n) is 3.97. The number of hydrogen-bond acceptors (Lipinski definition) is 5. The second-order valence-electron chi connectivity index (χ2n) is 6.74. The van der Waals surface area contributed by atoms with Gasteiger partial charge in [0.15, 0.2) is 0 Å². The van der Waals surface area contributed by atoms with Crippen LogP contribution in [0.2, 0.25) is 0 Å². The highest BCUT2D eigenvalue weighted by molar-refractivity contribution is 6.47. The molecule has 0 radical (unpaired) electrons. The van der Waals surface area contributed by atoms with Crippen LogP contribution in [0, 0.1) is 11.8 Å². The Morgan fingerprint density at radius 3 is 1.81 bits per heavy atom. The molecule has 2 N–H and O–H groups in total. The first-order valence-electron chi connectivity index (χ1n) is 8.00. The standard InChI is InChI=1S/C16H20F5N3O3/c1-7(2)10(22)14(27)24(13(26)9-5-6-23-9)11(8(3)4)12(25)15(17,18)16(19,20)21/h5-8,10-11H,22H2,1-4H3/t10-,11?/m0/s1. The Labute approximate surface area is 152 Å². The number of aliphatic imine (C=N–C) groups is 1. The van der Waals surface area contributed by atoms with Gasteiger partial charge in [0.1, 0.15) is 11.8 Å². The third kappa shape index (κ3) is 4.40. The molecule has 152 valence electrons. The SMILES string of the molecule is CC(C)C(C(=O)C(F)(F)C(F)(F)F)N(C(=O)C1=NC=C1)C(=O)[C@@H](N)C(C)C. The van der Waals surface area contributed by atoms with E-state index in [-0.39, 0.29) is 10.6 Å². The highest BCUT2D eigenvalue weighted by atomic mass is 19.4. The van der Waals surface area contributed by atoms with Gasteiger partial charge in [0.2, 0.25) is 11.7 Å². The number of carbonyl (C=O) groups is 3. The lowest BCUT2D eigenvalue weighted by Gasteiger charge is -2.36. The van der Waals surface area contributed by atoms with Gasteiger partial charge in [-0.05, 0) is 17.9 Å². The monoisotopic (exact) mass is 397 g/mol. The predicted molar refractivity (Wildman–Crippen MR) is 85.9 cm³/mol. The van der Waals surface area contributed by atoms with Crippen LogP contribution >= 0.6 is 0 Å². The lowest BCUT2D eigenvalue weighted by atomic mass is 9.91. The van der Waals surface area contributed by atoms with Crippen LogP contribution in [-0.4, -0.2) is 52.4 Å². The topological polar surface area (TPSA) is 92.8 Å². The van der Waals surface area contributed by atoms with E-state index in [0.29, 0.717) is 0 Å². The zero-order chi connectivity index (χ0) is 21.3. The molecule has 1 heterocycles. The van der Waals surface area contributed by atoms with E-state index in [9.17, 15) is 36.3 Å². The number of hydrogen-bond donors (Lipinski definition) is 1. The molecule has 0 aromatic rings. The smallest absolute Gasteiger partial charge is 0.320 e. The summed E-state index contributed by atoms with van der Waals surface area (Å²) in [5, 5.41) is 0. The van der Waals surface area contributed by atoms with E-state index in [4.69, 9.17) is 5.73 Å². The first-order valence-corrected chi connectivity index (χ1v) is 8.00. The number of nitrogens with two attached hydrogens (primary N) is 1. The Morgan fingerprint density at radius 1 is 1.04 bits per heavy atom. The summed E-state index contributed by atoms with van der Waals surface area (Å²) in [5.74, 6) is -12.7. The number of nitrogens with zero attached hydrogens (tertiary/aromatic N) is 2. The summed E-state index contributed by atoms with van der Waals surface area (Å²) >= 11 is 0. The van der Waals surface area contributed by atoms with Crippen molar-refractivity contribution in [3.8, 4) is 0 Å². The molecule has 0 aliphatic carbocycles. The molecule has 0 saturated heterocycles. The fourth-order valence-corrected chi connectivity index (χ4v) is 2.25. The van der Waals surface area contributed by atoms with Crippen LogP contribution in [0.3, 0.4) is 0 Å². The van der Waals surface area contributed by atoms with Crippen molar-refractivity contribution in [3.05, 3.63) is 12.3 Å². The van der Waals surface area contributed by atoms with E-state index >= 15 is 0 Å². The van der Waals surface area contributed by atoms with E-state index in [1.807, 2.05) is 0 Å². The number of carbonyl (C=O) groups excluding carboxylic acids is 3. The van der Waals surface area contributed by atoms with Crippen molar-refractivity contribution in [1.29, 1.82) is 0 Å².